The number of hydrogen-bond acceptors (Lipinski definition) is 1. The maximum Gasteiger partial charge on any atom is -1.00 e. The number of rotatable bonds is 3. The predicted octanol–water partition coefficient (Wildman–Crippen LogP) is 0.181. The molecule has 0 unspecified atom stereocenters. The molecular formula is C11H16ClOZr. The average Bonchev–Trinajstić information content (AvgIpc) is 2.69. The molecule has 0 aromatic carbocycles. The van der Waals surface area contributed by atoms with Gasteiger partial charge >= 0.3 is 92.6 Å². The summed E-state index contributed by atoms with van der Waals surface area (Å²) in [6, 6.07) is 0. The van der Waals surface area contributed by atoms with Crippen molar-refractivity contribution >= 4 is 0 Å². The van der Waals surface area contributed by atoms with Crippen molar-refractivity contribution in [2.45, 2.75) is 44.6 Å². The molecule has 0 aliphatic heterocycles. The van der Waals surface area contributed by atoms with Crippen molar-refractivity contribution in [3.63, 3.8) is 0 Å². The number of halogens is 1. The van der Waals surface area contributed by atoms with Gasteiger partial charge in [0.15, 0.2) is 0 Å². The van der Waals surface area contributed by atoms with Gasteiger partial charge in [-0.1, -0.05) is 0 Å². The summed E-state index contributed by atoms with van der Waals surface area (Å²) < 4.78 is 7.63. The summed E-state index contributed by atoms with van der Waals surface area (Å²) in [6.07, 6.45) is 15.3. The Morgan fingerprint density at radius 2 is 2.00 bits per heavy atom. The van der Waals surface area contributed by atoms with Crippen molar-refractivity contribution in [1.82, 2.24) is 0 Å². The zero-order valence-corrected chi connectivity index (χ0v) is 11.6. The molecule has 0 saturated heterocycles. The SMILES string of the molecule is C1=CC[C]([Zr+][O]C2CCCCC2)=C1.[Cl-]. The quantitative estimate of drug-likeness (QED) is 0.721. The van der Waals surface area contributed by atoms with Crippen LogP contribution < -0.4 is 12.4 Å². The van der Waals surface area contributed by atoms with Gasteiger partial charge in [0.2, 0.25) is 0 Å². The van der Waals surface area contributed by atoms with E-state index in [0.717, 1.165) is 0 Å². The second kappa shape index (κ2) is 6.98. The van der Waals surface area contributed by atoms with Gasteiger partial charge in [-0.3, -0.25) is 0 Å². The first kappa shape index (κ1) is 12.7. The molecule has 0 bridgehead atoms. The van der Waals surface area contributed by atoms with Crippen LogP contribution >= 0.6 is 0 Å². The van der Waals surface area contributed by atoms with Crippen molar-refractivity contribution in [1.29, 1.82) is 0 Å². The smallest absolute Gasteiger partial charge is 1.00 e. The first-order valence-corrected chi connectivity index (χ1v) is 7.46. The molecule has 0 spiro atoms. The fourth-order valence-corrected chi connectivity index (χ4v) is 4.12. The van der Waals surface area contributed by atoms with Crippen LogP contribution in [0.15, 0.2) is 21.5 Å². The number of hydrogen-bond donors (Lipinski definition) is 0. The summed E-state index contributed by atoms with van der Waals surface area (Å²) in [5, 5.41) is 0. The second-order valence-corrected chi connectivity index (χ2v) is 6.46. The van der Waals surface area contributed by atoms with E-state index in [1.54, 1.807) is 3.28 Å². The molecule has 14 heavy (non-hydrogen) atoms. The van der Waals surface area contributed by atoms with Crippen LogP contribution in [0.3, 0.4) is 0 Å². The second-order valence-electron chi connectivity index (χ2n) is 3.80. The van der Waals surface area contributed by atoms with Gasteiger partial charge in [-0.2, -0.15) is 0 Å². The standard InChI is InChI=1S/C6H11O.C5H5.ClH.Zr/c7-6-4-2-1-3-5-6;1-2-4-5-3-1;;/h6H,1-5H2;1-3H,4H2;1H;/q-1;;;+2/p-1. The van der Waals surface area contributed by atoms with Crippen molar-refractivity contribution in [3.05, 3.63) is 21.5 Å². The van der Waals surface area contributed by atoms with Crippen LogP contribution in [0.5, 0.6) is 0 Å². The molecule has 0 amide bonds. The third-order valence-electron chi connectivity index (χ3n) is 2.68. The van der Waals surface area contributed by atoms with Crippen LogP contribution in [0.1, 0.15) is 38.5 Å². The molecule has 1 fully saturated rings. The largest absolute Gasteiger partial charge is 1.00 e. The monoisotopic (exact) mass is 289 g/mol. The van der Waals surface area contributed by atoms with E-state index >= 15 is 0 Å². The molecule has 2 aliphatic carbocycles. The normalized spacial score (nSPS) is 21.3. The fraction of sp³-hybridized carbons (Fsp3) is 0.636. The van der Waals surface area contributed by atoms with E-state index in [-0.39, 0.29) is 12.4 Å². The fourth-order valence-electron chi connectivity index (χ4n) is 1.86. The Morgan fingerprint density at radius 3 is 2.64 bits per heavy atom. The molecule has 1 saturated carbocycles. The van der Waals surface area contributed by atoms with E-state index in [0.29, 0.717) is 6.10 Å². The van der Waals surface area contributed by atoms with Gasteiger partial charge in [0.25, 0.3) is 0 Å². The molecular weight excluding hydrogens is 275 g/mol. The molecule has 77 valence electrons. The Labute approximate surface area is 105 Å². The molecule has 0 atom stereocenters. The van der Waals surface area contributed by atoms with Gasteiger partial charge < -0.3 is 12.4 Å². The van der Waals surface area contributed by atoms with Gasteiger partial charge in [-0.05, 0) is 0 Å². The molecule has 2 rings (SSSR count). The van der Waals surface area contributed by atoms with Gasteiger partial charge in [-0.15, -0.1) is 0 Å². The Morgan fingerprint density at radius 1 is 1.21 bits per heavy atom. The van der Waals surface area contributed by atoms with Crippen LogP contribution in [0.4, 0.5) is 0 Å². The number of allylic oxidation sites excluding steroid dienone is 4. The van der Waals surface area contributed by atoms with Gasteiger partial charge in [0.1, 0.15) is 0 Å². The minimum atomic E-state index is -0.631. The van der Waals surface area contributed by atoms with E-state index in [4.69, 9.17) is 2.81 Å². The van der Waals surface area contributed by atoms with Crippen LogP contribution in [0.25, 0.3) is 0 Å². The topological polar surface area (TPSA) is 9.23 Å². The molecule has 0 aromatic heterocycles. The zero-order chi connectivity index (χ0) is 8.93. The predicted molar refractivity (Wildman–Crippen MR) is 49.8 cm³/mol. The maximum absolute atomic E-state index is 6.03. The van der Waals surface area contributed by atoms with Crippen LogP contribution in [-0.4, -0.2) is 6.10 Å². The Balaban J connectivity index is 0.000000980. The van der Waals surface area contributed by atoms with E-state index in [1.165, 1.54) is 38.5 Å². The minimum Gasteiger partial charge on any atom is -1.00 e. The van der Waals surface area contributed by atoms with Crippen LogP contribution in [0.2, 0.25) is 0 Å². The minimum absolute atomic E-state index is 0. The van der Waals surface area contributed by atoms with Gasteiger partial charge in [-0.25, -0.2) is 0 Å². The summed E-state index contributed by atoms with van der Waals surface area (Å²) in [5.41, 5.74) is 0. The van der Waals surface area contributed by atoms with Crippen LogP contribution in [-0.2, 0) is 26.5 Å². The van der Waals surface area contributed by atoms with E-state index in [9.17, 15) is 0 Å². The molecule has 0 aromatic rings. The molecule has 3 heteroatoms. The third kappa shape index (κ3) is 4.00. The zero-order valence-electron chi connectivity index (χ0n) is 8.34. The van der Waals surface area contributed by atoms with E-state index in [1.807, 2.05) is 0 Å². The summed E-state index contributed by atoms with van der Waals surface area (Å²) in [4.78, 5) is 0. The Hall–Kier alpha value is 0.613. The average molecular weight is 291 g/mol. The third-order valence-corrected chi connectivity index (χ3v) is 5.35. The summed E-state index contributed by atoms with van der Waals surface area (Å²) >= 11 is -0.631. The summed E-state index contributed by atoms with van der Waals surface area (Å²) in [6.45, 7) is 0. The molecule has 0 heterocycles. The van der Waals surface area contributed by atoms with Gasteiger partial charge in [0, 0.05) is 0 Å². The Kier molecular flexibility index (Phi) is 6.32. The molecule has 1 nitrogen and oxygen atoms in total. The van der Waals surface area contributed by atoms with Crippen LogP contribution in [0, 0.1) is 0 Å². The Bertz CT molecular complexity index is 219. The van der Waals surface area contributed by atoms with Crippen molar-refractivity contribution < 1.29 is 38.9 Å². The van der Waals surface area contributed by atoms with Crippen molar-refractivity contribution in [2.75, 3.05) is 0 Å². The van der Waals surface area contributed by atoms with E-state index < -0.39 is 23.7 Å². The molecule has 0 radical (unpaired) electrons. The van der Waals surface area contributed by atoms with Crippen molar-refractivity contribution in [2.24, 2.45) is 0 Å². The maximum atomic E-state index is 6.03. The molecule has 0 N–H and O–H groups in total. The molecule has 2 aliphatic rings. The first-order chi connectivity index (χ1) is 6.45. The van der Waals surface area contributed by atoms with Gasteiger partial charge in [0.05, 0.1) is 0 Å². The summed E-state index contributed by atoms with van der Waals surface area (Å²) in [7, 11) is 0. The van der Waals surface area contributed by atoms with Crippen molar-refractivity contribution in [3.8, 4) is 0 Å². The summed E-state index contributed by atoms with van der Waals surface area (Å²) in [5.74, 6) is 0. The van der Waals surface area contributed by atoms with E-state index in [2.05, 4.69) is 18.2 Å². The first-order valence-electron chi connectivity index (χ1n) is 5.22.